The fraction of sp³-hybridized carbons (Fsp3) is 0.857. The van der Waals surface area contributed by atoms with E-state index in [1.807, 2.05) is 11.8 Å². The zero-order valence-corrected chi connectivity index (χ0v) is 12.8. The molecule has 3 fully saturated rings. The maximum atomic E-state index is 12.8. The Kier molecular flexibility index (Phi) is 4.21. The molecule has 2 amide bonds. The number of amides is 2. The molecule has 0 spiro atoms. The fourth-order valence-electron chi connectivity index (χ4n) is 3.45. The third-order valence-electron chi connectivity index (χ3n) is 4.63. The Hall–Kier alpha value is -0.750. The lowest BCUT2D eigenvalue weighted by Crippen LogP contribution is -2.50. The minimum Gasteiger partial charge on any atom is -0.339 e. The molecule has 0 aromatic rings. The Bertz CT molecular complexity index is 404. The van der Waals surface area contributed by atoms with E-state index in [1.54, 1.807) is 16.7 Å². The van der Waals surface area contributed by atoms with Crippen molar-refractivity contribution in [3.05, 3.63) is 0 Å². The molecule has 2 bridgehead atoms. The van der Waals surface area contributed by atoms with Crippen molar-refractivity contribution in [3.8, 4) is 0 Å². The zero-order chi connectivity index (χ0) is 14.1. The summed E-state index contributed by atoms with van der Waals surface area (Å²) in [6, 6.07) is 0.809. The number of likely N-dealkylation sites (tertiary alicyclic amines) is 1. The molecule has 0 aliphatic carbocycles. The summed E-state index contributed by atoms with van der Waals surface area (Å²) in [5.74, 6) is 1.68. The van der Waals surface area contributed by atoms with Crippen molar-refractivity contribution >= 4 is 23.6 Å². The van der Waals surface area contributed by atoms with Crippen LogP contribution in [0.3, 0.4) is 0 Å². The highest BCUT2D eigenvalue weighted by molar-refractivity contribution is 7.99. The highest BCUT2D eigenvalue weighted by Gasteiger charge is 2.39. The fourth-order valence-corrected chi connectivity index (χ4v) is 4.62. The summed E-state index contributed by atoms with van der Waals surface area (Å²) >= 11 is 1.69. The van der Waals surface area contributed by atoms with Crippen molar-refractivity contribution in [2.45, 2.75) is 50.7 Å². The zero-order valence-electron chi connectivity index (χ0n) is 12.0. The van der Waals surface area contributed by atoms with Gasteiger partial charge >= 0.3 is 0 Å². The number of carbonyl (C=O) groups excluding carboxylic acids is 2. The predicted molar refractivity (Wildman–Crippen MR) is 79.4 cm³/mol. The average molecular weight is 297 g/mol. The van der Waals surface area contributed by atoms with Gasteiger partial charge in [-0.05, 0) is 19.3 Å². The lowest BCUT2D eigenvalue weighted by molar-refractivity contribution is -0.143. The summed E-state index contributed by atoms with van der Waals surface area (Å²) in [5.41, 5.74) is 0. The molecule has 6 heteroatoms. The number of rotatable bonds is 2. The monoisotopic (exact) mass is 297 g/mol. The molecule has 3 aliphatic rings. The van der Waals surface area contributed by atoms with Crippen molar-refractivity contribution in [2.75, 3.05) is 24.7 Å². The molecule has 3 unspecified atom stereocenters. The molecule has 20 heavy (non-hydrogen) atoms. The Morgan fingerprint density at radius 1 is 1.25 bits per heavy atom. The summed E-state index contributed by atoms with van der Waals surface area (Å²) in [6.07, 6.45) is 3.94. The normalized spacial score (nSPS) is 33.4. The van der Waals surface area contributed by atoms with Gasteiger partial charge in [-0.25, -0.2) is 0 Å². The highest BCUT2D eigenvalue weighted by Crippen LogP contribution is 2.26. The van der Waals surface area contributed by atoms with Crippen LogP contribution >= 0.6 is 11.8 Å². The minimum atomic E-state index is -0.232. The molecule has 1 N–H and O–H groups in total. The van der Waals surface area contributed by atoms with Crippen LogP contribution in [0.1, 0.15) is 32.6 Å². The van der Waals surface area contributed by atoms with Crippen molar-refractivity contribution in [2.24, 2.45) is 0 Å². The standard InChI is InChI=1S/C14H23N3O2S/c1-2-13(18)17-9-20-8-12(17)14(19)16-6-5-10-3-4-11(7-16)15-10/h10-12,15H,2-9H2,1H3. The third kappa shape index (κ3) is 2.68. The lowest BCUT2D eigenvalue weighted by Gasteiger charge is -2.30. The van der Waals surface area contributed by atoms with E-state index in [2.05, 4.69) is 5.32 Å². The summed E-state index contributed by atoms with van der Waals surface area (Å²) in [5, 5.41) is 3.59. The number of fused-ring (bicyclic) bond motifs is 2. The van der Waals surface area contributed by atoms with Crippen LogP contribution in [-0.2, 0) is 9.59 Å². The molecular weight excluding hydrogens is 274 g/mol. The Balaban J connectivity index is 1.67. The second-order valence-electron chi connectivity index (χ2n) is 5.94. The summed E-state index contributed by atoms with van der Waals surface area (Å²) < 4.78 is 0. The van der Waals surface area contributed by atoms with Gasteiger partial charge in [0.2, 0.25) is 11.8 Å². The van der Waals surface area contributed by atoms with Gasteiger partial charge in [0.25, 0.3) is 0 Å². The molecule has 3 rings (SSSR count). The predicted octanol–water partition coefficient (Wildman–Crippen LogP) is 0.651. The number of hydrogen-bond acceptors (Lipinski definition) is 4. The molecule has 112 valence electrons. The van der Waals surface area contributed by atoms with Gasteiger partial charge < -0.3 is 15.1 Å². The number of carbonyl (C=O) groups is 2. The Labute approximate surface area is 124 Å². The molecule has 0 saturated carbocycles. The van der Waals surface area contributed by atoms with Gasteiger partial charge in [0, 0.05) is 37.3 Å². The average Bonchev–Trinajstić information content (AvgIpc) is 3.04. The van der Waals surface area contributed by atoms with Crippen molar-refractivity contribution < 1.29 is 9.59 Å². The molecule has 0 radical (unpaired) electrons. The molecule has 0 aromatic heterocycles. The van der Waals surface area contributed by atoms with Crippen LogP contribution in [0.2, 0.25) is 0 Å². The van der Waals surface area contributed by atoms with E-state index in [9.17, 15) is 9.59 Å². The van der Waals surface area contributed by atoms with Gasteiger partial charge in [0.05, 0.1) is 5.88 Å². The van der Waals surface area contributed by atoms with Crippen LogP contribution in [0.5, 0.6) is 0 Å². The third-order valence-corrected chi connectivity index (χ3v) is 5.64. The number of hydrogen-bond donors (Lipinski definition) is 1. The van der Waals surface area contributed by atoms with Crippen molar-refractivity contribution in [1.82, 2.24) is 15.1 Å². The smallest absolute Gasteiger partial charge is 0.246 e. The molecule has 3 atom stereocenters. The van der Waals surface area contributed by atoms with Gasteiger partial charge in [-0.15, -0.1) is 11.8 Å². The highest BCUT2D eigenvalue weighted by atomic mass is 32.2. The van der Waals surface area contributed by atoms with Gasteiger partial charge in [-0.1, -0.05) is 6.92 Å². The second-order valence-corrected chi connectivity index (χ2v) is 6.94. The Morgan fingerprint density at radius 3 is 2.85 bits per heavy atom. The molecule has 3 aliphatic heterocycles. The maximum absolute atomic E-state index is 12.8. The van der Waals surface area contributed by atoms with E-state index in [0.717, 1.165) is 25.3 Å². The van der Waals surface area contributed by atoms with E-state index >= 15 is 0 Å². The number of thioether (sulfide) groups is 1. The van der Waals surface area contributed by atoms with E-state index in [1.165, 1.54) is 12.8 Å². The molecule has 3 saturated heterocycles. The maximum Gasteiger partial charge on any atom is 0.246 e. The number of nitrogens with one attached hydrogen (secondary N) is 1. The first-order chi connectivity index (χ1) is 9.69. The first-order valence-electron chi connectivity index (χ1n) is 7.61. The largest absolute Gasteiger partial charge is 0.339 e. The summed E-state index contributed by atoms with van der Waals surface area (Å²) in [6.45, 7) is 3.51. The van der Waals surface area contributed by atoms with Gasteiger partial charge in [-0.3, -0.25) is 9.59 Å². The molecule has 0 aromatic carbocycles. The van der Waals surface area contributed by atoms with Crippen molar-refractivity contribution in [1.29, 1.82) is 0 Å². The van der Waals surface area contributed by atoms with Crippen LogP contribution in [0.4, 0.5) is 0 Å². The van der Waals surface area contributed by atoms with Crippen LogP contribution in [-0.4, -0.2) is 64.5 Å². The van der Waals surface area contributed by atoms with Crippen LogP contribution in [0.25, 0.3) is 0 Å². The van der Waals surface area contributed by atoms with E-state index < -0.39 is 0 Å². The minimum absolute atomic E-state index is 0.0998. The SMILES string of the molecule is CCC(=O)N1CSCC1C(=O)N1CCC2CCC(C1)N2. The first-order valence-corrected chi connectivity index (χ1v) is 8.76. The molecule has 5 nitrogen and oxygen atoms in total. The number of nitrogens with zero attached hydrogens (tertiary/aromatic N) is 2. The quantitative estimate of drug-likeness (QED) is 0.813. The second kappa shape index (κ2) is 5.93. The molecular formula is C14H23N3O2S. The van der Waals surface area contributed by atoms with Gasteiger partial charge in [0.1, 0.15) is 6.04 Å². The van der Waals surface area contributed by atoms with Crippen LogP contribution < -0.4 is 5.32 Å². The first kappa shape index (κ1) is 14.2. The summed E-state index contributed by atoms with van der Waals surface area (Å²) in [4.78, 5) is 28.4. The van der Waals surface area contributed by atoms with Crippen molar-refractivity contribution in [3.63, 3.8) is 0 Å². The van der Waals surface area contributed by atoms with E-state index in [-0.39, 0.29) is 17.9 Å². The lowest BCUT2D eigenvalue weighted by atomic mass is 10.1. The summed E-state index contributed by atoms with van der Waals surface area (Å²) in [7, 11) is 0. The van der Waals surface area contributed by atoms with Crippen LogP contribution in [0, 0.1) is 0 Å². The van der Waals surface area contributed by atoms with Gasteiger partial charge in [-0.2, -0.15) is 0 Å². The van der Waals surface area contributed by atoms with E-state index in [4.69, 9.17) is 0 Å². The van der Waals surface area contributed by atoms with Gasteiger partial charge in [0.15, 0.2) is 0 Å². The molecule has 3 heterocycles. The van der Waals surface area contributed by atoms with Crippen LogP contribution in [0.15, 0.2) is 0 Å². The topological polar surface area (TPSA) is 52.7 Å². The Morgan fingerprint density at radius 2 is 2.05 bits per heavy atom. The van der Waals surface area contributed by atoms with E-state index in [0.29, 0.717) is 24.4 Å².